The lowest BCUT2D eigenvalue weighted by Crippen LogP contribution is -2.49. The van der Waals surface area contributed by atoms with Gasteiger partial charge in [0.15, 0.2) is 0 Å². The minimum absolute atomic E-state index is 0.141. The molecule has 0 atom stereocenters. The van der Waals surface area contributed by atoms with Gasteiger partial charge >= 0.3 is 0 Å². The molecule has 9 heterocycles. The molecule has 0 saturated carbocycles. The average molecular weight is 1960 g/mol. The molecule has 3 amide bonds. The highest BCUT2D eigenvalue weighted by atomic mass is 16.5. The van der Waals surface area contributed by atoms with E-state index in [1.807, 2.05) is 57.2 Å². The van der Waals surface area contributed by atoms with Crippen molar-refractivity contribution in [2.75, 3.05) is 225 Å². The lowest BCUT2D eigenvalue weighted by molar-refractivity contribution is 0.0632. The van der Waals surface area contributed by atoms with Crippen molar-refractivity contribution in [1.29, 1.82) is 0 Å². The van der Waals surface area contributed by atoms with Crippen LogP contribution in [0.1, 0.15) is 134 Å². The zero-order chi connectivity index (χ0) is 101. The molecule has 6 aliphatic rings. The Bertz CT molecular complexity index is 6960. The van der Waals surface area contributed by atoms with Crippen molar-refractivity contribution >= 4 is 82.7 Å². The van der Waals surface area contributed by atoms with Crippen LogP contribution < -0.4 is 4.74 Å². The Balaban J connectivity index is 0.000000138. The number of hydrogen-bond donors (Lipinski definition) is 0. The maximum atomic E-state index is 13.4. The number of amides is 3. The average Bonchev–Trinajstić information content (AvgIpc) is 1.63. The Morgan fingerprint density at radius 2 is 0.541 bits per heavy atom. The Kier molecular flexibility index (Phi) is 33.9. The highest BCUT2D eigenvalue weighted by molar-refractivity contribution is 5.97. The molecule has 12 aromatic carbocycles. The van der Waals surface area contributed by atoms with Crippen LogP contribution >= 0.6 is 0 Å². The summed E-state index contributed by atoms with van der Waals surface area (Å²) >= 11 is 0. The van der Waals surface area contributed by atoms with E-state index in [0.29, 0.717) is 0 Å². The number of nitrogens with zero attached hydrogens (tertiary/aromatic N) is 15. The molecule has 0 aliphatic carbocycles. The van der Waals surface area contributed by atoms with Crippen LogP contribution in [-0.4, -0.2) is 315 Å². The number of methoxy groups -OCH3 is 1. The van der Waals surface area contributed by atoms with Crippen molar-refractivity contribution in [1.82, 2.24) is 72.5 Å². The van der Waals surface area contributed by atoms with E-state index in [0.717, 1.165) is 179 Å². The zero-order valence-electron chi connectivity index (χ0n) is 88.7. The van der Waals surface area contributed by atoms with Gasteiger partial charge in [-0.3, -0.25) is 29.1 Å². The largest absolute Gasteiger partial charge is 0.497 e. The van der Waals surface area contributed by atoms with Crippen molar-refractivity contribution in [3.05, 3.63) is 349 Å². The second kappa shape index (κ2) is 48.2. The van der Waals surface area contributed by atoms with Crippen LogP contribution in [0.25, 0.3) is 65.0 Å². The summed E-state index contributed by atoms with van der Waals surface area (Å²) in [5, 5.41) is 11.8. The number of piperazine rings is 6. The Morgan fingerprint density at radius 3 is 0.918 bits per heavy atom. The van der Waals surface area contributed by atoms with Crippen LogP contribution in [0.2, 0.25) is 0 Å². The summed E-state index contributed by atoms with van der Waals surface area (Å²) in [6.07, 6.45) is 9.22. The number of likely N-dealkylation sites (N-methyl/N-ethyl adjacent to an activating group) is 3. The van der Waals surface area contributed by atoms with Gasteiger partial charge in [-0.15, -0.1) is 0 Å². The Morgan fingerprint density at radius 1 is 0.247 bits per heavy atom. The van der Waals surface area contributed by atoms with E-state index >= 15 is 0 Å². The lowest BCUT2D eigenvalue weighted by atomic mass is 10.0. The molecule has 3 aromatic heterocycles. The fraction of sp³-hybridized carbons (Fsp3) is 0.409. The van der Waals surface area contributed by atoms with Crippen molar-refractivity contribution in [2.45, 2.75) is 119 Å². The van der Waals surface area contributed by atoms with E-state index in [1.165, 1.54) is 266 Å². The molecule has 6 fully saturated rings. The lowest BCUT2D eigenvalue weighted by Gasteiger charge is -2.35. The van der Waals surface area contributed by atoms with Crippen LogP contribution in [0.4, 0.5) is 0 Å². The summed E-state index contributed by atoms with van der Waals surface area (Å²) in [5.74, 6) is 1.33. The van der Waals surface area contributed by atoms with Gasteiger partial charge in [-0.05, 0) is 324 Å². The number of fused-ring (bicyclic) bond motifs is 6. The van der Waals surface area contributed by atoms with Crippen LogP contribution in [0.15, 0.2) is 249 Å². The second-order valence-corrected chi connectivity index (χ2v) is 42.8. The van der Waals surface area contributed by atoms with Gasteiger partial charge in [0.05, 0.1) is 7.11 Å². The van der Waals surface area contributed by atoms with Crippen LogP contribution in [0.3, 0.4) is 0 Å². The van der Waals surface area contributed by atoms with E-state index in [2.05, 4.69) is 327 Å². The van der Waals surface area contributed by atoms with Crippen LogP contribution in [-0.2, 0) is 58.2 Å². The number of rotatable bonds is 31. The Labute approximate surface area is 867 Å². The number of ether oxygens (including phenoxy) is 1. The normalized spacial score (nSPS) is 16.6. The minimum atomic E-state index is 0.141. The summed E-state index contributed by atoms with van der Waals surface area (Å²) in [5.41, 5.74) is 26.5. The summed E-state index contributed by atoms with van der Waals surface area (Å²) in [6, 6.07) is 89.4. The molecule has 0 unspecified atom stereocenters. The standard InChI is InChI=1S/C43H53N5O2.2C42H51N5O/c1-32-33(2)48(18-5-17-45-22-20-44(3)21-23-45)42-15-9-36(30-41(32)42)28-34-6-10-37(11-7-34)43(49)47-26-24-46(25-27-47)19-16-35-8-12-39-31-40(50-4)14-13-38(39)29-35;1-32-33(2)47(20-7-19-44-24-22-43(3)23-25-44)41-17-14-35(31-40(32)41)30-34-12-15-38(16-13-34)42(48)46-28-26-45(27-29-46)21-18-37-10-6-9-36-8-4-5-11-39(36)37;1-32-33(2)47(19-6-18-44-23-21-43(3)22-24-44)41-16-12-36(31-40(32)41)29-34-10-14-38(15-11-34)42(48)46-27-25-45(26-28-46)20-17-35-9-13-37-7-4-5-8-39(37)30-35/h6-15,29-31H,5,16-28H2,1-4H3;4-6,8-17,31H,7,18-30H2,1-3H3;4-5,7-16,30-31H,6,17-29H2,1-3H3. The predicted molar refractivity (Wildman–Crippen MR) is 604 cm³/mol. The topological polar surface area (TPSA) is 114 Å². The summed E-state index contributed by atoms with van der Waals surface area (Å²) in [7, 11) is 8.37. The molecule has 6 aliphatic heterocycles. The molecule has 6 saturated heterocycles. The van der Waals surface area contributed by atoms with Gasteiger partial charge in [0.2, 0.25) is 0 Å². The summed E-state index contributed by atoms with van der Waals surface area (Å²) < 4.78 is 12.9. The molecular formula is C127H155N15O4. The first-order valence-corrected chi connectivity index (χ1v) is 54.5. The maximum absolute atomic E-state index is 13.4. The molecule has 0 spiro atoms. The van der Waals surface area contributed by atoms with Gasteiger partial charge in [-0.1, -0.05) is 164 Å². The van der Waals surface area contributed by atoms with E-state index in [9.17, 15) is 14.4 Å². The van der Waals surface area contributed by atoms with Crippen molar-refractivity contribution in [3.63, 3.8) is 0 Å². The first-order chi connectivity index (χ1) is 71.2. The molecule has 762 valence electrons. The Hall–Kier alpha value is -12.1. The van der Waals surface area contributed by atoms with Crippen LogP contribution in [0, 0.1) is 41.5 Å². The fourth-order valence-corrected chi connectivity index (χ4v) is 23.2. The van der Waals surface area contributed by atoms with E-state index in [-0.39, 0.29) is 17.7 Å². The van der Waals surface area contributed by atoms with E-state index in [1.54, 1.807) is 7.11 Å². The molecule has 0 radical (unpaired) electrons. The van der Waals surface area contributed by atoms with Gasteiger partial charge in [-0.25, -0.2) is 0 Å². The van der Waals surface area contributed by atoms with Gasteiger partial charge in [0.25, 0.3) is 17.7 Å². The molecule has 146 heavy (non-hydrogen) atoms. The van der Waals surface area contributed by atoms with E-state index < -0.39 is 0 Å². The molecule has 19 heteroatoms. The van der Waals surface area contributed by atoms with Crippen molar-refractivity contribution in [2.24, 2.45) is 0 Å². The first kappa shape index (κ1) is 102. The van der Waals surface area contributed by atoms with Gasteiger partial charge in [0, 0.05) is 263 Å². The molecule has 21 rings (SSSR count). The number of aromatic nitrogens is 3. The predicted octanol–water partition coefficient (Wildman–Crippen LogP) is 19.9. The number of aryl methyl sites for hydroxylation is 6. The molecule has 19 nitrogen and oxygen atoms in total. The SMILES string of the molecule is COc1ccc2cc(CCN3CCN(C(=O)c4ccc(Cc5ccc6c(c5)c(C)c(C)n6CCCN5CCN(C)CC5)cc4)CC3)ccc2c1.Cc1c(C)n(CCCN2CCN(C)CC2)c2ccc(Cc3ccc(C(=O)N4CCN(CCc5ccc6ccccc6c5)CC4)cc3)cc12.Cc1c(C)n(CCCN2CCN(C)CC2)c2ccc(Cc3ccc(C(=O)N4CCN(CCc5cccc6ccccc56)CC4)cc3)cc12. The third-order valence-electron chi connectivity index (χ3n) is 33.2. The summed E-state index contributed by atoms with van der Waals surface area (Å²) in [4.78, 5) is 68.8. The molecule has 0 N–H and O–H groups in total. The molecule has 0 bridgehead atoms. The quantitative estimate of drug-likeness (QED) is 0.0411. The van der Waals surface area contributed by atoms with Crippen molar-refractivity contribution < 1.29 is 19.1 Å². The van der Waals surface area contributed by atoms with Crippen LogP contribution in [0.5, 0.6) is 5.75 Å². The molecular weight excluding hydrogens is 1800 g/mol. The highest BCUT2D eigenvalue weighted by Gasteiger charge is 2.29. The molecule has 15 aromatic rings. The third kappa shape index (κ3) is 25.3. The smallest absolute Gasteiger partial charge is 0.253 e. The number of hydrogen-bond acceptors (Lipinski definition) is 13. The first-order valence-electron chi connectivity index (χ1n) is 54.5. The van der Waals surface area contributed by atoms with Gasteiger partial charge in [0.1, 0.15) is 5.75 Å². The minimum Gasteiger partial charge on any atom is -0.497 e. The third-order valence-corrected chi connectivity index (χ3v) is 33.2. The maximum Gasteiger partial charge on any atom is 0.253 e. The number of benzene rings is 12. The zero-order valence-corrected chi connectivity index (χ0v) is 88.7. The summed E-state index contributed by atoms with van der Waals surface area (Å²) in [6.45, 7) is 47.7. The van der Waals surface area contributed by atoms with E-state index in [4.69, 9.17) is 4.74 Å². The fourth-order valence-electron chi connectivity index (χ4n) is 23.2. The highest BCUT2D eigenvalue weighted by Crippen LogP contribution is 2.34. The van der Waals surface area contributed by atoms with Gasteiger partial charge in [-0.2, -0.15) is 0 Å². The monoisotopic (exact) mass is 1950 g/mol. The number of carbonyl (C=O) groups is 3. The van der Waals surface area contributed by atoms with Gasteiger partial charge < -0.3 is 62.5 Å². The number of carbonyl (C=O) groups excluding carboxylic acids is 3. The second-order valence-electron chi connectivity index (χ2n) is 42.8. The van der Waals surface area contributed by atoms with Crippen molar-refractivity contribution in [3.8, 4) is 5.75 Å².